The molecule has 2 aromatic heterocycles. The minimum atomic E-state index is -0.755. The number of aromatic nitrogens is 3. The summed E-state index contributed by atoms with van der Waals surface area (Å²) in [5.41, 5.74) is 3.05. The predicted molar refractivity (Wildman–Crippen MR) is 127 cm³/mol. The number of fused-ring (bicyclic) bond motifs is 2. The zero-order valence-corrected chi connectivity index (χ0v) is 19.5. The van der Waals surface area contributed by atoms with E-state index in [0.717, 1.165) is 30.8 Å². The van der Waals surface area contributed by atoms with Crippen LogP contribution in [0.5, 0.6) is 0 Å². The van der Waals surface area contributed by atoms with Crippen molar-refractivity contribution in [3.8, 4) is 0 Å². The van der Waals surface area contributed by atoms with Gasteiger partial charge in [0.15, 0.2) is 5.65 Å². The summed E-state index contributed by atoms with van der Waals surface area (Å²) >= 11 is 0. The van der Waals surface area contributed by atoms with E-state index in [1.165, 1.54) is 5.56 Å². The van der Waals surface area contributed by atoms with Gasteiger partial charge in [-0.2, -0.15) is 0 Å². The zero-order chi connectivity index (χ0) is 23.7. The maximum Gasteiger partial charge on any atom is 0.309 e. The van der Waals surface area contributed by atoms with Crippen molar-refractivity contribution in [3.05, 3.63) is 59.5 Å². The Kier molecular flexibility index (Phi) is 4.38. The van der Waals surface area contributed by atoms with Crippen molar-refractivity contribution in [1.29, 1.82) is 0 Å². The average Bonchev–Trinajstić information content (AvgIpc) is 3.56. The number of anilines is 1. The molecule has 2 bridgehead atoms. The minimum absolute atomic E-state index is 0.0894. The van der Waals surface area contributed by atoms with Crippen LogP contribution < -0.4 is 10.2 Å². The van der Waals surface area contributed by atoms with E-state index in [2.05, 4.69) is 63.6 Å². The number of benzene rings is 1. The molecule has 1 amide bonds. The molecule has 0 radical (unpaired) electrons. The molecular formula is C26H29N5O3. The van der Waals surface area contributed by atoms with Crippen LogP contribution in [0.25, 0.3) is 5.65 Å². The van der Waals surface area contributed by atoms with Crippen LogP contribution in [-0.4, -0.2) is 50.2 Å². The highest BCUT2D eigenvalue weighted by molar-refractivity contribution is 5.92. The Balaban J connectivity index is 1.22. The highest BCUT2D eigenvalue weighted by atomic mass is 16.4. The maximum absolute atomic E-state index is 13.0. The number of rotatable bonds is 5. The van der Waals surface area contributed by atoms with Gasteiger partial charge in [-0.05, 0) is 56.2 Å². The lowest BCUT2D eigenvalue weighted by atomic mass is 9.65. The molecule has 4 fully saturated rings. The monoisotopic (exact) mass is 459 g/mol. The number of pyridine rings is 1. The number of aryl methyl sites for hydroxylation is 1. The Hall–Kier alpha value is -3.42. The maximum atomic E-state index is 13.0. The summed E-state index contributed by atoms with van der Waals surface area (Å²) in [7, 11) is 0. The number of hydrogen-bond acceptors (Lipinski definition) is 5. The van der Waals surface area contributed by atoms with Crippen molar-refractivity contribution in [3.63, 3.8) is 0 Å². The van der Waals surface area contributed by atoms with Crippen molar-refractivity contribution < 1.29 is 14.7 Å². The number of amides is 1. The third kappa shape index (κ3) is 3.11. The fraction of sp³-hybridized carbons (Fsp3) is 0.462. The Morgan fingerprint density at radius 3 is 2.59 bits per heavy atom. The Labute approximate surface area is 198 Å². The fourth-order valence-corrected chi connectivity index (χ4v) is 6.44. The van der Waals surface area contributed by atoms with Gasteiger partial charge >= 0.3 is 5.97 Å². The van der Waals surface area contributed by atoms with Gasteiger partial charge in [-0.1, -0.05) is 37.3 Å². The molecule has 1 atom stereocenters. The van der Waals surface area contributed by atoms with Crippen LogP contribution >= 0.6 is 0 Å². The van der Waals surface area contributed by atoms with E-state index in [9.17, 15) is 14.7 Å². The first-order valence-corrected chi connectivity index (χ1v) is 11.9. The van der Waals surface area contributed by atoms with Crippen LogP contribution in [0.4, 0.5) is 5.69 Å². The quantitative estimate of drug-likeness (QED) is 0.607. The van der Waals surface area contributed by atoms with Gasteiger partial charge in [0.2, 0.25) is 5.82 Å². The lowest BCUT2D eigenvalue weighted by Gasteiger charge is -2.44. The Bertz CT molecular complexity index is 1310. The van der Waals surface area contributed by atoms with Gasteiger partial charge in [0, 0.05) is 24.0 Å². The molecule has 1 saturated heterocycles. The molecule has 8 nitrogen and oxygen atoms in total. The summed E-state index contributed by atoms with van der Waals surface area (Å²) in [5.74, 6) is -0.956. The van der Waals surface area contributed by atoms with Gasteiger partial charge in [0.25, 0.3) is 5.91 Å². The Morgan fingerprint density at radius 1 is 1.12 bits per heavy atom. The molecular weight excluding hydrogens is 430 g/mol. The molecule has 7 rings (SSSR count). The van der Waals surface area contributed by atoms with Crippen LogP contribution in [0.1, 0.15) is 60.8 Å². The Morgan fingerprint density at radius 2 is 1.88 bits per heavy atom. The van der Waals surface area contributed by atoms with Crippen LogP contribution in [0.15, 0.2) is 42.6 Å². The molecule has 4 aliphatic rings. The average molecular weight is 460 g/mol. The number of aliphatic carboxylic acids is 1. The summed E-state index contributed by atoms with van der Waals surface area (Å²) in [6.45, 7) is 6.17. The molecule has 34 heavy (non-hydrogen) atoms. The SMILES string of the molecule is Cc1cc(N2CC[C@](C)(c3ccccc3)C2)cn2nc(C(=O)NC34CCC(C(=O)O)(C3)C4)nc12. The van der Waals surface area contributed by atoms with Crippen LogP contribution in [0, 0.1) is 12.3 Å². The smallest absolute Gasteiger partial charge is 0.309 e. The third-order valence-corrected chi connectivity index (χ3v) is 8.38. The zero-order valence-electron chi connectivity index (χ0n) is 19.5. The molecule has 8 heteroatoms. The fourth-order valence-electron chi connectivity index (χ4n) is 6.44. The lowest BCUT2D eigenvalue weighted by molar-refractivity contribution is -0.154. The molecule has 3 saturated carbocycles. The number of nitrogens with one attached hydrogen (secondary N) is 1. The van der Waals surface area contributed by atoms with Gasteiger partial charge in [-0.15, -0.1) is 5.10 Å². The molecule has 3 heterocycles. The topological polar surface area (TPSA) is 99.8 Å². The summed E-state index contributed by atoms with van der Waals surface area (Å²) in [5, 5.41) is 17.0. The first-order valence-electron chi connectivity index (χ1n) is 11.9. The van der Waals surface area contributed by atoms with Gasteiger partial charge in [0.05, 0.1) is 17.3 Å². The number of carbonyl (C=O) groups is 2. The molecule has 1 aliphatic heterocycles. The second-order valence-electron chi connectivity index (χ2n) is 10.9. The standard InChI is InChI=1S/C26H29N5O3/c1-17-12-19(30-11-10-24(2,16-30)18-6-4-3-5-7-18)13-31-21(17)27-20(29-31)22(32)28-26-9-8-25(14-26,15-26)23(33)34/h3-7,12-13H,8-11,14-16H2,1-2H3,(H,28,32)(H,33,34)/t24-,25?,26?/m0/s1. The molecule has 3 aromatic rings. The van der Waals surface area contributed by atoms with Crippen molar-refractivity contribution in [2.24, 2.45) is 5.41 Å². The van der Waals surface area contributed by atoms with Crippen molar-refractivity contribution in [1.82, 2.24) is 19.9 Å². The summed E-state index contributed by atoms with van der Waals surface area (Å²) in [4.78, 5) is 31.4. The second-order valence-corrected chi connectivity index (χ2v) is 10.9. The number of hydrogen-bond donors (Lipinski definition) is 2. The van der Waals surface area contributed by atoms with E-state index in [0.29, 0.717) is 31.3 Å². The van der Waals surface area contributed by atoms with Crippen molar-refractivity contribution in [2.45, 2.75) is 56.9 Å². The van der Waals surface area contributed by atoms with Crippen LogP contribution in [0.2, 0.25) is 0 Å². The van der Waals surface area contributed by atoms with Crippen molar-refractivity contribution >= 4 is 23.2 Å². The summed E-state index contributed by atoms with van der Waals surface area (Å²) in [6, 6.07) is 12.8. The molecule has 0 unspecified atom stereocenters. The van der Waals surface area contributed by atoms with Gasteiger partial charge in [-0.3, -0.25) is 9.59 Å². The molecule has 3 aliphatic carbocycles. The number of carboxylic acid groups (broad SMARTS) is 1. The lowest BCUT2D eigenvalue weighted by Crippen LogP contribution is -2.58. The second kappa shape index (κ2) is 7.04. The van der Waals surface area contributed by atoms with E-state index >= 15 is 0 Å². The van der Waals surface area contributed by atoms with Gasteiger partial charge in [-0.25, -0.2) is 9.50 Å². The summed E-state index contributed by atoms with van der Waals surface area (Å²) < 4.78 is 1.70. The first kappa shape index (κ1) is 21.1. The van der Waals surface area contributed by atoms with Crippen LogP contribution in [-0.2, 0) is 10.2 Å². The van der Waals surface area contributed by atoms with E-state index in [4.69, 9.17) is 0 Å². The number of nitrogens with zero attached hydrogens (tertiary/aromatic N) is 4. The highest BCUT2D eigenvalue weighted by Gasteiger charge is 2.65. The number of carbonyl (C=O) groups excluding carboxylic acids is 1. The summed E-state index contributed by atoms with van der Waals surface area (Å²) in [6.07, 6.45) is 5.31. The largest absolute Gasteiger partial charge is 0.481 e. The van der Waals surface area contributed by atoms with E-state index in [1.54, 1.807) is 4.52 Å². The van der Waals surface area contributed by atoms with Gasteiger partial charge in [0.1, 0.15) is 0 Å². The first-order chi connectivity index (χ1) is 16.2. The van der Waals surface area contributed by atoms with Crippen molar-refractivity contribution in [2.75, 3.05) is 18.0 Å². The third-order valence-electron chi connectivity index (χ3n) is 8.38. The van der Waals surface area contributed by atoms with E-state index in [1.807, 2.05) is 13.1 Å². The van der Waals surface area contributed by atoms with E-state index < -0.39 is 16.9 Å². The number of carboxylic acids is 1. The molecule has 176 valence electrons. The molecule has 1 aromatic carbocycles. The predicted octanol–water partition coefficient (Wildman–Crippen LogP) is 3.33. The molecule has 0 spiro atoms. The van der Waals surface area contributed by atoms with Gasteiger partial charge < -0.3 is 15.3 Å². The highest BCUT2D eigenvalue weighted by Crippen LogP contribution is 2.61. The van der Waals surface area contributed by atoms with E-state index in [-0.39, 0.29) is 17.1 Å². The minimum Gasteiger partial charge on any atom is -0.481 e. The van der Waals surface area contributed by atoms with Crippen LogP contribution in [0.3, 0.4) is 0 Å². The molecule has 2 N–H and O–H groups in total. The normalized spacial score (nSPS) is 29.9.